The summed E-state index contributed by atoms with van der Waals surface area (Å²) in [5, 5.41) is 7.53. The van der Waals surface area contributed by atoms with Crippen LogP contribution in [0.3, 0.4) is 0 Å². The molecule has 4 aromatic rings. The van der Waals surface area contributed by atoms with Gasteiger partial charge >= 0.3 is 0 Å². The molecule has 2 aromatic heterocycles. The fourth-order valence-corrected chi connectivity index (χ4v) is 3.59. The molecule has 7 nitrogen and oxygen atoms in total. The van der Waals surface area contributed by atoms with Crippen LogP contribution >= 0.6 is 0 Å². The largest absolute Gasteiger partial charge is 0.441 e. The summed E-state index contributed by atoms with van der Waals surface area (Å²) in [6.07, 6.45) is 0. The first-order valence-electron chi connectivity index (χ1n) is 10.9. The van der Waals surface area contributed by atoms with Gasteiger partial charge in [-0.1, -0.05) is 0 Å². The van der Waals surface area contributed by atoms with Crippen molar-refractivity contribution in [2.75, 3.05) is 24.3 Å². The molecule has 0 aliphatic heterocycles. The third-order valence-electron chi connectivity index (χ3n) is 5.97. The van der Waals surface area contributed by atoms with Gasteiger partial charge in [0, 0.05) is 42.3 Å². The molecule has 0 radical (unpaired) electrons. The molecule has 170 valence electrons. The summed E-state index contributed by atoms with van der Waals surface area (Å²) >= 11 is 0. The molecule has 0 bridgehead atoms. The quantitative estimate of drug-likeness (QED) is 0.447. The Bertz CT molecular complexity index is 1280. The second-order valence-corrected chi connectivity index (χ2v) is 8.45. The van der Waals surface area contributed by atoms with E-state index < -0.39 is 0 Å². The predicted octanol–water partition coefficient (Wildman–Crippen LogP) is 5.14. The second-order valence-electron chi connectivity index (χ2n) is 8.45. The van der Waals surface area contributed by atoms with Crippen LogP contribution in [-0.2, 0) is 6.54 Å². The Kier molecular flexibility index (Phi) is 6.05. The van der Waals surface area contributed by atoms with Gasteiger partial charge in [-0.05, 0) is 81.8 Å². The highest BCUT2D eigenvalue weighted by Gasteiger charge is 2.15. The van der Waals surface area contributed by atoms with Gasteiger partial charge in [0.05, 0.1) is 12.2 Å². The minimum absolute atomic E-state index is 0.150. The molecule has 1 amide bonds. The number of aromatic nitrogens is 3. The summed E-state index contributed by atoms with van der Waals surface area (Å²) < 4.78 is 7.89. The fourth-order valence-electron chi connectivity index (χ4n) is 3.59. The van der Waals surface area contributed by atoms with E-state index in [2.05, 4.69) is 24.3 Å². The number of rotatable bonds is 6. The average molecular weight is 444 g/mol. The van der Waals surface area contributed by atoms with E-state index in [1.165, 1.54) is 5.56 Å². The highest BCUT2D eigenvalue weighted by Crippen LogP contribution is 2.25. The van der Waals surface area contributed by atoms with E-state index >= 15 is 0 Å². The first-order valence-corrected chi connectivity index (χ1v) is 10.9. The topological polar surface area (TPSA) is 76.2 Å². The van der Waals surface area contributed by atoms with Crippen LogP contribution in [0.4, 0.5) is 11.4 Å². The highest BCUT2D eigenvalue weighted by atomic mass is 16.4. The van der Waals surface area contributed by atoms with Crippen LogP contribution in [0, 0.1) is 27.7 Å². The SMILES string of the molecule is Cc1nn(Cc2nc(-c3ccc(NC(=O)c4ccc(N(C)C)cc4)cc3)oc2C)c(C)c1C. The lowest BCUT2D eigenvalue weighted by Gasteiger charge is -2.12. The zero-order chi connectivity index (χ0) is 23.7. The van der Waals surface area contributed by atoms with Crippen molar-refractivity contribution in [3.8, 4) is 11.5 Å². The van der Waals surface area contributed by atoms with E-state index in [9.17, 15) is 4.79 Å². The van der Waals surface area contributed by atoms with Crippen molar-refractivity contribution in [3.05, 3.63) is 82.5 Å². The molecular weight excluding hydrogens is 414 g/mol. The van der Waals surface area contributed by atoms with Crippen LogP contribution in [0.2, 0.25) is 0 Å². The summed E-state index contributed by atoms with van der Waals surface area (Å²) in [6.45, 7) is 8.64. The Morgan fingerprint density at radius 2 is 1.67 bits per heavy atom. The number of nitrogens with zero attached hydrogens (tertiary/aromatic N) is 4. The maximum Gasteiger partial charge on any atom is 0.255 e. The van der Waals surface area contributed by atoms with Gasteiger partial charge in [0.15, 0.2) is 0 Å². The Morgan fingerprint density at radius 1 is 1.00 bits per heavy atom. The van der Waals surface area contributed by atoms with Crippen molar-refractivity contribution < 1.29 is 9.21 Å². The molecule has 1 N–H and O–H groups in total. The lowest BCUT2D eigenvalue weighted by atomic mass is 10.1. The average Bonchev–Trinajstić information content (AvgIpc) is 3.28. The van der Waals surface area contributed by atoms with E-state index in [-0.39, 0.29) is 5.91 Å². The normalized spacial score (nSPS) is 11.0. The number of nitrogens with one attached hydrogen (secondary N) is 1. The Morgan fingerprint density at radius 3 is 2.24 bits per heavy atom. The van der Waals surface area contributed by atoms with Crippen molar-refractivity contribution in [2.24, 2.45) is 0 Å². The molecule has 0 aliphatic rings. The van der Waals surface area contributed by atoms with E-state index in [0.717, 1.165) is 34.1 Å². The zero-order valence-electron chi connectivity index (χ0n) is 19.9. The number of carbonyl (C=O) groups is 1. The first kappa shape index (κ1) is 22.3. The van der Waals surface area contributed by atoms with Crippen molar-refractivity contribution in [2.45, 2.75) is 34.2 Å². The number of oxazole rings is 1. The predicted molar refractivity (Wildman–Crippen MR) is 131 cm³/mol. The number of carbonyl (C=O) groups excluding carboxylic acids is 1. The van der Waals surface area contributed by atoms with Crippen LogP contribution in [0.5, 0.6) is 0 Å². The number of hydrogen-bond acceptors (Lipinski definition) is 5. The van der Waals surface area contributed by atoms with Gasteiger partial charge in [-0.25, -0.2) is 4.98 Å². The smallest absolute Gasteiger partial charge is 0.255 e. The lowest BCUT2D eigenvalue weighted by molar-refractivity contribution is 0.102. The monoisotopic (exact) mass is 443 g/mol. The first-order chi connectivity index (χ1) is 15.7. The fraction of sp³-hybridized carbons (Fsp3) is 0.269. The molecule has 0 unspecified atom stereocenters. The van der Waals surface area contributed by atoms with Crippen LogP contribution in [0.15, 0.2) is 52.9 Å². The summed E-state index contributed by atoms with van der Waals surface area (Å²) in [5.41, 5.74) is 7.43. The lowest BCUT2D eigenvalue weighted by Crippen LogP contribution is -2.13. The van der Waals surface area contributed by atoms with Gasteiger partial charge < -0.3 is 14.6 Å². The van der Waals surface area contributed by atoms with Gasteiger partial charge in [0.25, 0.3) is 5.91 Å². The standard InChI is InChI=1S/C26H29N5O2/c1-16-17(2)29-31(18(16)3)15-24-19(4)33-26(28-24)21-7-11-22(12-8-21)27-25(32)20-9-13-23(14-10-20)30(5)6/h7-14H,15H2,1-6H3,(H,27,32). The van der Waals surface area contributed by atoms with E-state index in [0.29, 0.717) is 23.7 Å². The number of amides is 1. The van der Waals surface area contributed by atoms with Crippen molar-refractivity contribution >= 4 is 17.3 Å². The van der Waals surface area contributed by atoms with Crippen LogP contribution in [0.1, 0.15) is 38.8 Å². The summed E-state index contributed by atoms with van der Waals surface area (Å²) in [4.78, 5) is 19.3. The van der Waals surface area contributed by atoms with Crippen LogP contribution < -0.4 is 10.2 Å². The highest BCUT2D eigenvalue weighted by molar-refractivity contribution is 6.04. The van der Waals surface area contributed by atoms with Gasteiger partial charge in [-0.2, -0.15) is 5.10 Å². The molecule has 0 spiro atoms. The molecule has 0 atom stereocenters. The molecule has 4 rings (SSSR count). The van der Waals surface area contributed by atoms with Crippen molar-refractivity contribution in [1.82, 2.24) is 14.8 Å². The molecule has 2 aromatic carbocycles. The molecule has 0 aliphatic carbocycles. The number of hydrogen-bond donors (Lipinski definition) is 1. The molecular formula is C26H29N5O2. The molecule has 0 saturated heterocycles. The van der Waals surface area contributed by atoms with Crippen LogP contribution in [-0.4, -0.2) is 34.8 Å². The van der Waals surface area contributed by atoms with E-state index in [1.807, 2.05) is 86.1 Å². The zero-order valence-corrected chi connectivity index (χ0v) is 19.9. The van der Waals surface area contributed by atoms with E-state index in [1.54, 1.807) is 0 Å². The summed E-state index contributed by atoms with van der Waals surface area (Å²) in [5.74, 6) is 1.18. The maximum absolute atomic E-state index is 12.6. The molecule has 2 heterocycles. The summed E-state index contributed by atoms with van der Waals surface area (Å²) in [7, 11) is 3.94. The van der Waals surface area contributed by atoms with Gasteiger partial charge in [-0.3, -0.25) is 9.48 Å². The van der Waals surface area contributed by atoms with Gasteiger partial charge in [-0.15, -0.1) is 0 Å². The van der Waals surface area contributed by atoms with Crippen molar-refractivity contribution in [1.29, 1.82) is 0 Å². The number of aryl methyl sites for hydroxylation is 2. The van der Waals surface area contributed by atoms with Crippen molar-refractivity contribution in [3.63, 3.8) is 0 Å². The van der Waals surface area contributed by atoms with Gasteiger partial charge in [0.1, 0.15) is 11.5 Å². The molecule has 0 saturated carbocycles. The maximum atomic E-state index is 12.6. The summed E-state index contributed by atoms with van der Waals surface area (Å²) in [6, 6.07) is 15.0. The number of anilines is 2. The third-order valence-corrected chi connectivity index (χ3v) is 5.97. The van der Waals surface area contributed by atoms with Crippen LogP contribution in [0.25, 0.3) is 11.5 Å². The second kappa shape index (κ2) is 8.94. The Labute approximate surface area is 194 Å². The Hall–Kier alpha value is -3.87. The van der Waals surface area contributed by atoms with E-state index in [4.69, 9.17) is 9.40 Å². The molecule has 0 fully saturated rings. The minimum atomic E-state index is -0.150. The van der Waals surface area contributed by atoms with Gasteiger partial charge in [0.2, 0.25) is 5.89 Å². The Balaban J connectivity index is 1.46. The third kappa shape index (κ3) is 4.67. The minimum Gasteiger partial charge on any atom is -0.441 e. The molecule has 7 heteroatoms. The molecule has 33 heavy (non-hydrogen) atoms. The number of benzene rings is 2.